The number of nitrogens with zero attached hydrogens (tertiary/aromatic N) is 1. The number of quaternary nitrogens is 1. The lowest BCUT2D eigenvalue weighted by Crippen LogP contribution is -2.47. The Morgan fingerprint density at radius 1 is 0.600 bits per heavy atom. The van der Waals surface area contributed by atoms with Gasteiger partial charge in [-0.3, -0.25) is 9.15 Å². The van der Waals surface area contributed by atoms with E-state index in [1.54, 1.807) is 0 Å². The van der Waals surface area contributed by atoms with Crippen LogP contribution in [-0.2, 0) is 14.2 Å². The molecular weight excluding hydrogens is 286 g/mol. The first-order chi connectivity index (χ1) is 8.95. The highest BCUT2D eigenvalue weighted by Gasteiger charge is 2.21. The van der Waals surface area contributed by atoms with E-state index in [0.29, 0.717) is 0 Å². The Balaban J connectivity index is 0. The van der Waals surface area contributed by atoms with E-state index in [-0.39, 0.29) is 0 Å². The molecule has 0 bridgehead atoms. The Kier molecular flexibility index (Phi) is 11.4. The van der Waals surface area contributed by atoms with E-state index >= 15 is 0 Å². The molecule has 0 saturated heterocycles. The van der Waals surface area contributed by atoms with Crippen LogP contribution >= 0.6 is 0 Å². The van der Waals surface area contributed by atoms with E-state index in [2.05, 4.69) is 32.7 Å². The number of hydrogen-bond donors (Lipinski definition) is 0. The summed E-state index contributed by atoms with van der Waals surface area (Å²) in [6, 6.07) is 0. The van der Waals surface area contributed by atoms with Crippen LogP contribution in [0.2, 0.25) is 39.3 Å². The Morgan fingerprint density at radius 3 is 0.950 bits per heavy atom. The molecule has 0 aliphatic carbocycles. The van der Waals surface area contributed by atoms with Crippen LogP contribution in [0.25, 0.3) is 0 Å². The van der Waals surface area contributed by atoms with Gasteiger partial charge in [0, 0.05) is 0 Å². The molecule has 0 aromatic heterocycles. The SMILES string of the molecule is CC[N+](CC)(CC)CC.C[Si](C)(C)OOO[Si](C)(C)C. The third kappa shape index (κ3) is 13.3. The second-order valence-corrected chi connectivity index (χ2v) is 15.8. The molecule has 0 heterocycles. The highest BCUT2D eigenvalue weighted by atomic mass is 28.4. The fourth-order valence-corrected chi connectivity index (χ4v) is 2.11. The minimum Gasteiger partial charge on any atom is -0.325 e. The Labute approximate surface area is 129 Å². The van der Waals surface area contributed by atoms with Gasteiger partial charge >= 0.3 is 0 Å². The Bertz CT molecular complexity index is 202. The first-order valence-electron chi connectivity index (χ1n) is 7.83. The molecule has 20 heavy (non-hydrogen) atoms. The molecule has 124 valence electrons. The van der Waals surface area contributed by atoms with Crippen molar-refractivity contribution in [2.45, 2.75) is 67.0 Å². The second-order valence-electron chi connectivity index (χ2n) is 7.07. The van der Waals surface area contributed by atoms with Crippen LogP contribution in [0.1, 0.15) is 27.7 Å². The molecule has 0 aromatic carbocycles. The molecule has 0 aliphatic rings. The lowest BCUT2D eigenvalue weighted by molar-refractivity contribution is -0.921. The molecule has 0 fully saturated rings. The van der Waals surface area contributed by atoms with E-state index in [1.165, 1.54) is 30.7 Å². The molecule has 0 amide bonds. The van der Waals surface area contributed by atoms with E-state index in [9.17, 15) is 0 Å². The smallest absolute Gasteiger partial charge is 0.234 e. The quantitative estimate of drug-likeness (QED) is 0.286. The zero-order valence-electron chi connectivity index (χ0n) is 15.5. The van der Waals surface area contributed by atoms with E-state index in [4.69, 9.17) is 9.15 Å². The Hall–Kier alpha value is 0.274. The summed E-state index contributed by atoms with van der Waals surface area (Å²) in [6.07, 6.45) is 0. The summed E-state index contributed by atoms with van der Waals surface area (Å²) in [6.45, 7) is 26.5. The molecule has 0 N–H and O–H groups in total. The van der Waals surface area contributed by atoms with Crippen molar-refractivity contribution in [1.82, 2.24) is 0 Å². The fraction of sp³-hybridized carbons (Fsp3) is 1.00. The molecule has 0 saturated carbocycles. The van der Waals surface area contributed by atoms with Gasteiger partial charge in [0.1, 0.15) is 0 Å². The molecule has 0 spiro atoms. The van der Waals surface area contributed by atoms with Crippen LogP contribution in [0.15, 0.2) is 0 Å². The topological polar surface area (TPSA) is 27.7 Å². The average Bonchev–Trinajstić information content (AvgIpc) is 2.30. The molecule has 4 nitrogen and oxygen atoms in total. The van der Waals surface area contributed by atoms with Gasteiger partial charge in [0.15, 0.2) is 0 Å². The predicted molar refractivity (Wildman–Crippen MR) is 92.4 cm³/mol. The lowest BCUT2D eigenvalue weighted by Gasteiger charge is -2.34. The van der Waals surface area contributed by atoms with Crippen LogP contribution in [0.4, 0.5) is 0 Å². The first kappa shape index (κ1) is 22.6. The highest BCUT2D eigenvalue weighted by molar-refractivity contribution is 6.70. The Morgan fingerprint density at radius 2 is 0.850 bits per heavy atom. The molecule has 0 unspecified atom stereocenters. The molecule has 0 rings (SSSR count). The van der Waals surface area contributed by atoms with Crippen molar-refractivity contribution in [1.29, 1.82) is 0 Å². The summed E-state index contributed by atoms with van der Waals surface area (Å²) < 4.78 is 11.4. The van der Waals surface area contributed by atoms with Crippen LogP contribution in [0.5, 0.6) is 0 Å². The maximum Gasteiger partial charge on any atom is 0.234 e. The fourth-order valence-electron chi connectivity index (χ4n) is 1.56. The second kappa shape index (κ2) is 10.1. The number of hydrogen-bond acceptors (Lipinski definition) is 3. The third-order valence-electron chi connectivity index (χ3n) is 3.25. The van der Waals surface area contributed by atoms with Crippen LogP contribution in [-0.4, -0.2) is 47.3 Å². The van der Waals surface area contributed by atoms with Gasteiger partial charge in [-0.05, 0) is 67.0 Å². The zero-order valence-corrected chi connectivity index (χ0v) is 17.5. The summed E-state index contributed by atoms with van der Waals surface area (Å²) >= 11 is 0. The van der Waals surface area contributed by atoms with Crippen molar-refractivity contribution >= 4 is 16.6 Å². The minimum atomic E-state index is -1.58. The van der Waals surface area contributed by atoms with Crippen molar-refractivity contribution in [3.8, 4) is 0 Å². The lowest BCUT2D eigenvalue weighted by atomic mass is 10.3. The van der Waals surface area contributed by atoms with Gasteiger partial charge in [-0.1, -0.05) is 5.04 Å². The van der Waals surface area contributed by atoms with Gasteiger partial charge in [0.05, 0.1) is 26.2 Å². The first-order valence-corrected chi connectivity index (χ1v) is 14.7. The molecular formula is C14H38NO3Si2+. The van der Waals surface area contributed by atoms with Gasteiger partial charge in [0.25, 0.3) is 0 Å². The van der Waals surface area contributed by atoms with Crippen molar-refractivity contribution in [2.24, 2.45) is 0 Å². The van der Waals surface area contributed by atoms with Gasteiger partial charge < -0.3 is 4.48 Å². The summed E-state index contributed by atoms with van der Waals surface area (Å²) in [4.78, 5) is 0. The van der Waals surface area contributed by atoms with Gasteiger partial charge in [0.2, 0.25) is 16.6 Å². The summed E-state index contributed by atoms with van der Waals surface area (Å²) in [5, 5.41) is 4.69. The summed E-state index contributed by atoms with van der Waals surface area (Å²) in [5.41, 5.74) is 0. The van der Waals surface area contributed by atoms with Gasteiger partial charge in [-0.25, -0.2) is 0 Å². The van der Waals surface area contributed by atoms with Crippen molar-refractivity contribution in [3.63, 3.8) is 0 Å². The minimum absolute atomic E-state index is 1.28. The van der Waals surface area contributed by atoms with Crippen molar-refractivity contribution < 1.29 is 18.7 Å². The highest BCUT2D eigenvalue weighted by Crippen LogP contribution is 2.08. The monoisotopic (exact) mass is 324 g/mol. The van der Waals surface area contributed by atoms with Gasteiger partial charge in [-0.2, -0.15) is 0 Å². The number of rotatable bonds is 8. The maximum absolute atomic E-state index is 5.06. The van der Waals surface area contributed by atoms with E-state index in [1.807, 2.05) is 39.3 Å². The van der Waals surface area contributed by atoms with Crippen molar-refractivity contribution in [3.05, 3.63) is 0 Å². The predicted octanol–water partition coefficient (Wildman–Crippen LogP) is 4.42. The average molecular weight is 325 g/mol. The van der Waals surface area contributed by atoms with Gasteiger partial charge in [-0.15, -0.1) is 0 Å². The zero-order chi connectivity index (χ0) is 16.4. The molecule has 0 aromatic rings. The molecule has 6 heteroatoms. The summed E-state index contributed by atoms with van der Waals surface area (Å²) in [7, 11) is -3.16. The van der Waals surface area contributed by atoms with E-state index in [0.717, 1.165) is 0 Å². The largest absolute Gasteiger partial charge is 0.325 e. The van der Waals surface area contributed by atoms with Crippen LogP contribution in [0.3, 0.4) is 0 Å². The van der Waals surface area contributed by atoms with Crippen LogP contribution < -0.4 is 0 Å². The molecule has 0 radical (unpaired) electrons. The normalized spacial score (nSPS) is 12.9. The standard InChI is InChI=1S/C8H20N.C6H18O3Si2/c1-5-9(6-2,7-3)8-4;1-10(2,3)8-7-9-11(4,5)6/h5-8H2,1-4H3;1-6H3/q+1;. The maximum atomic E-state index is 5.06. The summed E-state index contributed by atoms with van der Waals surface area (Å²) in [5.74, 6) is 0. The van der Waals surface area contributed by atoms with Crippen LogP contribution in [0, 0.1) is 0 Å². The third-order valence-corrected chi connectivity index (χ3v) is 4.39. The van der Waals surface area contributed by atoms with Crippen molar-refractivity contribution in [2.75, 3.05) is 26.2 Å². The molecule has 0 aliphatic heterocycles. The molecule has 0 atom stereocenters. The van der Waals surface area contributed by atoms with E-state index < -0.39 is 16.6 Å².